The Morgan fingerprint density at radius 3 is 2.30 bits per heavy atom. The predicted molar refractivity (Wildman–Crippen MR) is 105 cm³/mol. The summed E-state index contributed by atoms with van der Waals surface area (Å²) in [6.45, 7) is 2.85. The Morgan fingerprint density at radius 1 is 0.926 bits per heavy atom. The van der Waals surface area contributed by atoms with Crippen molar-refractivity contribution in [3.63, 3.8) is 0 Å². The highest BCUT2D eigenvalue weighted by molar-refractivity contribution is 9.10. The third kappa shape index (κ3) is 3.61. The lowest BCUT2D eigenvalue weighted by molar-refractivity contribution is -0.123. The second-order valence-electron chi connectivity index (χ2n) is 6.77. The molecule has 2 fully saturated rings. The van der Waals surface area contributed by atoms with Crippen LogP contribution in [0.25, 0.3) is 0 Å². The monoisotopic (exact) mass is 431 g/mol. The molecule has 2 aromatic carbocycles. The number of rotatable bonds is 3. The Kier molecular flexibility index (Phi) is 4.97. The average molecular weight is 432 g/mol. The van der Waals surface area contributed by atoms with Crippen LogP contribution in [0, 0.1) is 5.82 Å². The summed E-state index contributed by atoms with van der Waals surface area (Å²) in [5.74, 6) is -0.572. The minimum absolute atomic E-state index is 0.159. The summed E-state index contributed by atoms with van der Waals surface area (Å²) in [5.41, 5.74) is 1.58. The van der Waals surface area contributed by atoms with Gasteiger partial charge in [0.2, 0.25) is 5.91 Å². The number of imide groups is 1. The summed E-state index contributed by atoms with van der Waals surface area (Å²) in [6, 6.07) is 13.3. The lowest BCUT2D eigenvalue weighted by Gasteiger charge is -2.38. The number of hydrogen-bond donors (Lipinski definition) is 0. The van der Waals surface area contributed by atoms with Crippen molar-refractivity contribution in [2.45, 2.75) is 12.5 Å². The van der Waals surface area contributed by atoms with Crippen molar-refractivity contribution in [1.29, 1.82) is 0 Å². The Balaban J connectivity index is 1.44. The van der Waals surface area contributed by atoms with Gasteiger partial charge in [0.15, 0.2) is 0 Å². The fourth-order valence-corrected chi connectivity index (χ4v) is 4.12. The van der Waals surface area contributed by atoms with E-state index >= 15 is 0 Å². The van der Waals surface area contributed by atoms with Gasteiger partial charge in [-0.05, 0) is 42.5 Å². The third-order valence-electron chi connectivity index (χ3n) is 5.14. The molecule has 27 heavy (non-hydrogen) atoms. The van der Waals surface area contributed by atoms with Crippen molar-refractivity contribution in [2.75, 3.05) is 36.0 Å². The summed E-state index contributed by atoms with van der Waals surface area (Å²) in [4.78, 5) is 30.9. The molecule has 1 atom stereocenters. The van der Waals surface area contributed by atoms with Gasteiger partial charge in [-0.2, -0.15) is 0 Å². The maximum absolute atomic E-state index is 13.1. The number of carbonyl (C=O) groups excluding carboxylic acids is 2. The van der Waals surface area contributed by atoms with Crippen molar-refractivity contribution < 1.29 is 14.0 Å². The van der Waals surface area contributed by atoms with Crippen LogP contribution >= 0.6 is 15.9 Å². The van der Waals surface area contributed by atoms with E-state index in [-0.39, 0.29) is 24.1 Å². The molecule has 2 heterocycles. The highest BCUT2D eigenvalue weighted by atomic mass is 79.9. The van der Waals surface area contributed by atoms with Gasteiger partial charge in [-0.1, -0.05) is 22.0 Å². The molecule has 0 radical (unpaired) electrons. The van der Waals surface area contributed by atoms with Crippen molar-refractivity contribution in [3.8, 4) is 0 Å². The summed E-state index contributed by atoms with van der Waals surface area (Å²) < 4.78 is 13.9. The van der Waals surface area contributed by atoms with Crippen LogP contribution in [0.4, 0.5) is 15.8 Å². The number of benzene rings is 2. The van der Waals surface area contributed by atoms with E-state index in [1.807, 2.05) is 12.1 Å². The quantitative estimate of drug-likeness (QED) is 0.700. The molecule has 2 aliphatic rings. The van der Waals surface area contributed by atoms with Crippen molar-refractivity contribution >= 4 is 39.1 Å². The van der Waals surface area contributed by atoms with Crippen molar-refractivity contribution in [2.24, 2.45) is 0 Å². The lowest BCUT2D eigenvalue weighted by Crippen LogP contribution is -2.52. The minimum Gasteiger partial charge on any atom is -0.369 e. The van der Waals surface area contributed by atoms with E-state index < -0.39 is 6.04 Å². The molecule has 140 valence electrons. The molecule has 4 rings (SSSR count). The molecule has 0 aliphatic carbocycles. The first-order valence-corrected chi connectivity index (χ1v) is 9.69. The van der Waals surface area contributed by atoms with Gasteiger partial charge in [0.25, 0.3) is 5.91 Å². The molecule has 0 saturated carbocycles. The maximum atomic E-state index is 13.1. The maximum Gasteiger partial charge on any atom is 0.251 e. The molecule has 2 amide bonds. The Hall–Kier alpha value is -2.25. The van der Waals surface area contributed by atoms with E-state index in [0.717, 1.165) is 23.2 Å². The summed E-state index contributed by atoms with van der Waals surface area (Å²) in [7, 11) is 0. The van der Waals surface area contributed by atoms with Crippen LogP contribution in [0.3, 0.4) is 0 Å². The Morgan fingerprint density at radius 2 is 1.63 bits per heavy atom. The number of halogens is 2. The van der Waals surface area contributed by atoms with Crippen LogP contribution in [0.5, 0.6) is 0 Å². The minimum atomic E-state index is -0.410. The molecule has 5 nitrogen and oxygen atoms in total. The number of piperazine rings is 1. The molecule has 0 N–H and O–H groups in total. The zero-order valence-electron chi connectivity index (χ0n) is 14.6. The molecule has 2 saturated heterocycles. The van der Waals surface area contributed by atoms with Crippen LogP contribution in [-0.4, -0.2) is 48.9 Å². The molecular weight excluding hydrogens is 413 g/mol. The molecule has 0 bridgehead atoms. The standard InChI is InChI=1S/C20H19BrFN3O2/c21-14-2-1-3-17(12-14)25-19(26)13-18(20(25)27)24-10-8-23(9-11-24)16-6-4-15(22)5-7-16/h1-7,12,18H,8-11,13H2. The van der Waals surface area contributed by atoms with Crippen LogP contribution in [0.15, 0.2) is 53.0 Å². The number of carbonyl (C=O) groups is 2. The van der Waals surface area contributed by atoms with Crippen LogP contribution < -0.4 is 9.80 Å². The predicted octanol–water partition coefficient (Wildman–Crippen LogP) is 3.04. The van der Waals surface area contributed by atoms with E-state index in [1.54, 1.807) is 24.3 Å². The summed E-state index contributed by atoms with van der Waals surface area (Å²) >= 11 is 3.39. The van der Waals surface area contributed by atoms with Crippen LogP contribution in [0.1, 0.15) is 6.42 Å². The number of hydrogen-bond acceptors (Lipinski definition) is 4. The fraction of sp³-hybridized carbons (Fsp3) is 0.300. The molecular formula is C20H19BrFN3O2. The molecule has 0 aromatic heterocycles. The first-order chi connectivity index (χ1) is 13.0. The van der Waals surface area contributed by atoms with Crippen LogP contribution in [0.2, 0.25) is 0 Å². The van der Waals surface area contributed by atoms with E-state index in [2.05, 4.69) is 25.7 Å². The number of nitrogens with zero attached hydrogens (tertiary/aromatic N) is 3. The van der Waals surface area contributed by atoms with Gasteiger partial charge in [-0.15, -0.1) is 0 Å². The third-order valence-corrected chi connectivity index (χ3v) is 5.63. The first-order valence-electron chi connectivity index (χ1n) is 8.90. The molecule has 7 heteroatoms. The largest absolute Gasteiger partial charge is 0.369 e. The molecule has 2 aromatic rings. The van der Waals surface area contributed by atoms with Gasteiger partial charge >= 0.3 is 0 Å². The molecule has 0 spiro atoms. The molecule has 1 unspecified atom stereocenters. The normalized spacial score (nSPS) is 21.2. The second kappa shape index (κ2) is 7.40. The van der Waals surface area contributed by atoms with Crippen LogP contribution in [-0.2, 0) is 9.59 Å². The SMILES string of the molecule is O=C1CC(N2CCN(c3ccc(F)cc3)CC2)C(=O)N1c1cccc(Br)c1. The van der Waals surface area contributed by atoms with E-state index in [4.69, 9.17) is 0 Å². The first kappa shape index (κ1) is 18.1. The zero-order chi connectivity index (χ0) is 19.0. The average Bonchev–Trinajstić information content (AvgIpc) is 2.97. The van der Waals surface area contributed by atoms with E-state index in [1.165, 1.54) is 17.0 Å². The summed E-state index contributed by atoms with van der Waals surface area (Å²) in [6.07, 6.45) is 0.210. The summed E-state index contributed by atoms with van der Waals surface area (Å²) in [5, 5.41) is 0. The van der Waals surface area contributed by atoms with Gasteiger partial charge in [0.05, 0.1) is 18.2 Å². The van der Waals surface area contributed by atoms with Gasteiger partial charge < -0.3 is 4.90 Å². The van der Waals surface area contributed by atoms with E-state index in [0.29, 0.717) is 18.8 Å². The highest BCUT2D eigenvalue weighted by Gasteiger charge is 2.43. The van der Waals surface area contributed by atoms with Gasteiger partial charge in [0, 0.05) is 36.3 Å². The van der Waals surface area contributed by atoms with Gasteiger partial charge in [-0.3, -0.25) is 14.5 Å². The van der Waals surface area contributed by atoms with Crippen molar-refractivity contribution in [1.82, 2.24) is 4.90 Å². The van der Waals surface area contributed by atoms with Gasteiger partial charge in [-0.25, -0.2) is 9.29 Å². The number of amides is 2. The van der Waals surface area contributed by atoms with E-state index in [9.17, 15) is 14.0 Å². The Bertz CT molecular complexity index is 866. The second-order valence-corrected chi connectivity index (χ2v) is 7.68. The molecule has 2 aliphatic heterocycles. The highest BCUT2D eigenvalue weighted by Crippen LogP contribution is 2.28. The van der Waals surface area contributed by atoms with Crippen molar-refractivity contribution in [3.05, 3.63) is 58.8 Å². The fourth-order valence-electron chi connectivity index (χ4n) is 3.73. The zero-order valence-corrected chi connectivity index (χ0v) is 16.2. The Labute approximate surface area is 165 Å². The van der Waals surface area contributed by atoms with Gasteiger partial charge in [0.1, 0.15) is 5.82 Å². The smallest absolute Gasteiger partial charge is 0.251 e. The lowest BCUT2D eigenvalue weighted by atomic mass is 10.1. The topological polar surface area (TPSA) is 43.9 Å². The number of anilines is 2.